The molecule has 0 radical (unpaired) electrons. The molecule has 0 spiro atoms. The maximum atomic E-state index is 12.2. The molecule has 1 fully saturated rings. The molecule has 122 valence electrons. The molecule has 0 saturated heterocycles. The smallest absolute Gasteiger partial charge is 0.228 e. The zero-order chi connectivity index (χ0) is 16.2. The van der Waals surface area contributed by atoms with Crippen LogP contribution in [0.3, 0.4) is 0 Å². The van der Waals surface area contributed by atoms with Crippen molar-refractivity contribution >= 4 is 17.5 Å². The maximum Gasteiger partial charge on any atom is 0.228 e. The monoisotopic (exact) mass is 333 g/mol. The lowest BCUT2D eigenvalue weighted by Gasteiger charge is -2.21. The van der Waals surface area contributed by atoms with Crippen LogP contribution < -0.4 is 0 Å². The van der Waals surface area contributed by atoms with Crippen LogP contribution >= 0.6 is 11.6 Å². The van der Waals surface area contributed by atoms with Gasteiger partial charge in [-0.3, -0.25) is 4.79 Å². The molecule has 3 rings (SSSR count). The Morgan fingerprint density at radius 3 is 2.70 bits per heavy atom. The van der Waals surface area contributed by atoms with Gasteiger partial charge >= 0.3 is 0 Å². The molecule has 0 aliphatic heterocycles. The fraction of sp³-hybridized carbons (Fsp3) is 0.471. The lowest BCUT2D eigenvalue weighted by Crippen LogP contribution is -2.34. The Morgan fingerprint density at radius 1 is 1.30 bits per heavy atom. The molecule has 0 bridgehead atoms. The van der Waals surface area contributed by atoms with E-state index in [-0.39, 0.29) is 11.8 Å². The van der Waals surface area contributed by atoms with Gasteiger partial charge in [0.1, 0.15) is 0 Å². The molecule has 1 heterocycles. The van der Waals surface area contributed by atoms with E-state index >= 15 is 0 Å². The molecule has 1 aromatic heterocycles. The van der Waals surface area contributed by atoms with Crippen molar-refractivity contribution in [3.8, 4) is 11.4 Å². The third-order valence-electron chi connectivity index (χ3n) is 3.90. The summed E-state index contributed by atoms with van der Waals surface area (Å²) in [6.07, 6.45) is 3.60. The highest BCUT2D eigenvalue weighted by atomic mass is 35.5. The third kappa shape index (κ3) is 4.10. The number of rotatable bonds is 7. The van der Waals surface area contributed by atoms with Gasteiger partial charge in [-0.05, 0) is 43.5 Å². The lowest BCUT2D eigenvalue weighted by molar-refractivity contribution is -0.132. The van der Waals surface area contributed by atoms with E-state index < -0.39 is 0 Å². The van der Waals surface area contributed by atoms with Crippen molar-refractivity contribution in [2.75, 3.05) is 13.1 Å². The molecule has 23 heavy (non-hydrogen) atoms. The number of hydrogen-bond donors (Lipinski definition) is 0. The number of hydrogen-bond acceptors (Lipinski definition) is 4. The van der Waals surface area contributed by atoms with Gasteiger partial charge in [0.15, 0.2) is 0 Å². The summed E-state index contributed by atoms with van der Waals surface area (Å²) in [5.41, 5.74) is 0.865. The Morgan fingerprint density at radius 2 is 2.04 bits per heavy atom. The van der Waals surface area contributed by atoms with Crippen LogP contribution in [-0.4, -0.2) is 34.0 Å². The molecule has 1 aromatic carbocycles. The number of halogens is 1. The Balaban J connectivity index is 1.61. The van der Waals surface area contributed by atoms with Crippen LogP contribution in [0.25, 0.3) is 11.4 Å². The van der Waals surface area contributed by atoms with E-state index in [1.165, 1.54) is 0 Å². The van der Waals surface area contributed by atoms with Crippen LogP contribution in [0.15, 0.2) is 28.8 Å². The first-order valence-corrected chi connectivity index (χ1v) is 8.42. The Bertz CT molecular complexity index is 665. The summed E-state index contributed by atoms with van der Waals surface area (Å²) >= 11 is 5.88. The predicted octanol–water partition coefficient (Wildman–Crippen LogP) is 3.58. The number of carbonyl (C=O) groups excluding carboxylic acids is 1. The van der Waals surface area contributed by atoms with Crippen LogP contribution in [-0.2, 0) is 11.2 Å². The van der Waals surface area contributed by atoms with Gasteiger partial charge in [-0.25, -0.2) is 0 Å². The second-order valence-electron chi connectivity index (χ2n) is 5.87. The zero-order valence-corrected chi connectivity index (χ0v) is 13.9. The molecule has 1 saturated carbocycles. The Kier molecular flexibility index (Phi) is 4.96. The standard InChI is InChI=1S/C17H20ClN3O2/c1-2-10-21(17(22)13-3-4-13)11-9-15-19-16(20-23-15)12-5-7-14(18)8-6-12/h5-8,13H,2-4,9-11H2,1H3. The number of carbonyl (C=O) groups is 1. The van der Waals surface area contributed by atoms with Gasteiger partial charge in [-0.2, -0.15) is 4.98 Å². The summed E-state index contributed by atoms with van der Waals surface area (Å²) in [4.78, 5) is 18.5. The second kappa shape index (κ2) is 7.13. The van der Waals surface area contributed by atoms with Crippen LogP contribution in [0.1, 0.15) is 32.1 Å². The fourth-order valence-electron chi connectivity index (χ4n) is 2.49. The van der Waals surface area contributed by atoms with Crippen LogP contribution in [0.2, 0.25) is 5.02 Å². The second-order valence-corrected chi connectivity index (χ2v) is 6.30. The molecule has 0 N–H and O–H groups in total. The van der Waals surface area contributed by atoms with E-state index in [2.05, 4.69) is 17.1 Å². The molecule has 1 aliphatic rings. The van der Waals surface area contributed by atoms with Crippen molar-refractivity contribution in [1.29, 1.82) is 0 Å². The summed E-state index contributed by atoms with van der Waals surface area (Å²) in [7, 11) is 0. The van der Waals surface area contributed by atoms with Crippen molar-refractivity contribution < 1.29 is 9.32 Å². The summed E-state index contributed by atoms with van der Waals surface area (Å²) < 4.78 is 5.30. The highest BCUT2D eigenvalue weighted by molar-refractivity contribution is 6.30. The van der Waals surface area contributed by atoms with Crippen molar-refractivity contribution in [2.24, 2.45) is 5.92 Å². The number of benzene rings is 1. The highest BCUT2D eigenvalue weighted by Crippen LogP contribution is 2.31. The Labute approximate surface area is 140 Å². The summed E-state index contributed by atoms with van der Waals surface area (Å²) in [6.45, 7) is 3.50. The average molecular weight is 334 g/mol. The predicted molar refractivity (Wildman–Crippen MR) is 88.0 cm³/mol. The first-order chi connectivity index (χ1) is 11.2. The number of aromatic nitrogens is 2. The fourth-order valence-corrected chi connectivity index (χ4v) is 2.62. The van der Waals surface area contributed by atoms with Crippen LogP contribution in [0, 0.1) is 5.92 Å². The minimum Gasteiger partial charge on any atom is -0.342 e. The summed E-state index contributed by atoms with van der Waals surface area (Å²) in [5.74, 6) is 1.62. The average Bonchev–Trinajstić information content (AvgIpc) is 3.30. The summed E-state index contributed by atoms with van der Waals surface area (Å²) in [6, 6.07) is 7.31. The van der Waals surface area contributed by atoms with E-state index in [9.17, 15) is 4.79 Å². The van der Waals surface area contributed by atoms with Crippen molar-refractivity contribution in [3.63, 3.8) is 0 Å². The molecular weight excluding hydrogens is 314 g/mol. The normalized spacial score (nSPS) is 14.0. The van der Waals surface area contributed by atoms with E-state index in [1.54, 1.807) is 12.1 Å². The third-order valence-corrected chi connectivity index (χ3v) is 4.15. The summed E-state index contributed by atoms with van der Waals surface area (Å²) in [5, 5.41) is 4.67. The molecule has 1 aliphatic carbocycles. The minimum absolute atomic E-state index is 0.244. The van der Waals surface area contributed by atoms with Crippen molar-refractivity contribution in [1.82, 2.24) is 15.0 Å². The molecule has 0 unspecified atom stereocenters. The highest BCUT2D eigenvalue weighted by Gasteiger charge is 2.33. The van der Waals surface area contributed by atoms with Gasteiger partial charge in [-0.15, -0.1) is 0 Å². The van der Waals surface area contributed by atoms with E-state index in [0.29, 0.717) is 29.7 Å². The minimum atomic E-state index is 0.244. The first kappa shape index (κ1) is 16.0. The van der Waals surface area contributed by atoms with E-state index in [4.69, 9.17) is 16.1 Å². The van der Waals surface area contributed by atoms with Crippen molar-refractivity contribution in [3.05, 3.63) is 35.2 Å². The first-order valence-electron chi connectivity index (χ1n) is 8.04. The lowest BCUT2D eigenvalue weighted by atomic mass is 10.2. The largest absolute Gasteiger partial charge is 0.342 e. The molecule has 0 atom stereocenters. The Hall–Kier alpha value is -1.88. The van der Waals surface area contributed by atoms with Crippen LogP contribution in [0.5, 0.6) is 0 Å². The van der Waals surface area contributed by atoms with Gasteiger partial charge in [-0.1, -0.05) is 23.7 Å². The molecule has 1 amide bonds. The van der Waals surface area contributed by atoms with Crippen molar-refractivity contribution in [2.45, 2.75) is 32.6 Å². The van der Waals surface area contributed by atoms with Gasteiger partial charge in [0.05, 0.1) is 0 Å². The number of amides is 1. The van der Waals surface area contributed by atoms with E-state index in [1.807, 2.05) is 17.0 Å². The topological polar surface area (TPSA) is 59.2 Å². The quantitative estimate of drug-likeness (QED) is 0.777. The zero-order valence-electron chi connectivity index (χ0n) is 13.2. The van der Waals surface area contributed by atoms with Gasteiger partial charge < -0.3 is 9.42 Å². The van der Waals surface area contributed by atoms with Gasteiger partial charge in [0.2, 0.25) is 17.6 Å². The molecule has 5 nitrogen and oxygen atoms in total. The van der Waals surface area contributed by atoms with Crippen LogP contribution in [0.4, 0.5) is 0 Å². The maximum absolute atomic E-state index is 12.2. The molecular formula is C17H20ClN3O2. The van der Waals surface area contributed by atoms with Gasteiger partial charge in [0.25, 0.3) is 0 Å². The SMILES string of the molecule is CCCN(CCc1nc(-c2ccc(Cl)cc2)no1)C(=O)C1CC1. The number of nitrogens with zero attached hydrogens (tertiary/aromatic N) is 3. The van der Waals surface area contributed by atoms with E-state index in [0.717, 1.165) is 31.4 Å². The molecule has 2 aromatic rings. The molecule has 6 heteroatoms. The van der Waals surface area contributed by atoms with Gasteiger partial charge in [0, 0.05) is 36.0 Å².